The number of imidazole rings is 1. The van der Waals surface area contributed by atoms with Crippen LogP contribution in [0.1, 0.15) is 40.1 Å². The van der Waals surface area contributed by atoms with Crippen molar-refractivity contribution < 1.29 is 33.0 Å². The molecule has 2 amide bonds. The van der Waals surface area contributed by atoms with Crippen LogP contribution in [0.2, 0.25) is 0 Å². The highest BCUT2D eigenvalue weighted by molar-refractivity contribution is 5.91. The third-order valence-corrected chi connectivity index (χ3v) is 6.94. The summed E-state index contributed by atoms with van der Waals surface area (Å²) in [6, 6.07) is 2.12. The summed E-state index contributed by atoms with van der Waals surface area (Å²) in [5.74, 6) is -1.00. The second-order valence-corrected chi connectivity index (χ2v) is 9.06. The normalized spacial score (nSPS) is 24.9. The van der Waals surface area contributed by atoms with Crippen molar-refractivity contribution >= 4 is 12.0 Å². The molecule has 2 fully saturated rings. The molecule has 3 atom stereocenters. The Bertz CT molecular complexity index is 1140. The number of nitrogens with zero attached hydrogens (tertiary/aromatic N) is 4. The molecule has 35 heavy (non-hydrogen) atoms. The van der Waals surface area contributed by atoms with Crippen LogP contribution in [0.3, 0.4) is 0 Å². The number of morpholine rings is 1. The van der Waals surface area contributed by atoms with E-state index >= 15 is 0 Å². The van der Waals surface area contributed by atoms with Gasteiger partial charge in [-0.25, -0.2) is 18.6 Å². The lowest BCUT2D eigenvalue weighted by atomic mass is 9.92. The summed E-state index contributed by atoms with van der Waals surface area (Å²) in [5, 5.41) is 11.7. The topological polar surface area (TPSA) is 109 Å². The number of hydrogen-bond donors (Lipinski definition) is 2. The zero-order valence-corrected chi connectivity index (χ0v) is 19.2. The Labute approximate surface area is 200 Å². The van der Waals surface area contributed by atoms with Gasteiger partial charge in [-0.1, -0.05) is 0 Å². The van der Waals surface area contributed by atoms with E-state index in [1.165, 1.54) is 0 Å². The third kappa shape index (κ3) is 4.60. The van der Waals surface area contributed by atoms with E-state index in [0.29, 0.717) is 51.6 Å². The molecule has 2 aromatic rings. The van der Waals surface area contributed by atoms with Gasteiger partial charge in [0, 0.05) is 44.8 Å². The van der Waals surface area contributed by atoms with E-state index in [1.54, 1.807) is 4.90 Å². The maximum atomic E-state index is 14.4. The molecule has 0 aliphatic carbocycles. The highest BCUT2D eigenvalue weighted by atomic mass is 19.1. The van der Waals surface area contributed by atoms with Gasteiger partial charge in [0.15, 0.2) is 5.82 Å². The summed E-state index contributed by atoms with van der Waals surface area (Å²) >= 11 is 0. The monoisotopic (exact) mass is 491 g/mol. The molecule has 0 radical (unpaired) electrons. The predicted octanol–water partition coefficient (Wildman–Crippen LogP) is 1.65. The number of benzene rings is 1. The van der Waals surface area contributed by atoms with E-state index in [0.717, 1.165) is 29.6 Å². The summed E-state index contributed by atoms with van der Waals surface area (Å²) in [5.41, 5.74) is 1.70. The van der Waals surface area contributed by atoms with Crippen LogP contribution in [0, 0.1) is 11.6 Å². The standard InChI is InChI=1S/C23H27F2N5O5/c1-28-19-11-30(10-18(19)26-21(28)22(31)29-4-6-34-7-5-29)14-9-17(27-23(32)33)20(35-12-14)15-8-13(24)2-3-16(15)25/h2-3,8,14,17,20,27H,4-7,9-12H2,1H3,(H,32,33)/t14-,17+,20-/m1/s1. The third-order valence-electron chi connectivity index (χ3n) is 6.94. The number of carboxylic acid groups (broad SMARTS) is 1. The minimum absolute atomic E-state index is 0.0140. The molecule has 188 valence electrons. The fourth-order valence-corrected chi connectivity index (χ4v) is 5.11. The fourth-order valence-electron chi connectivity index (χ4n) is 5.11. The van der Waals surface area contributed by atoms with Gasteiger partial charge in [0.1, 0.15) is 17.7 Å². The van der Waals surface area contributed by atoms with E-state index in [-0.39, 0.29) is 24.1 Å². The largest absolute Gasteiger partial charge is 0.465 e. The number of rotatable bonds is 4. The van der Waals surface area contributed by atoms with Gasteiger partial charge in [-0.15, -0.1) is 0 Å². The molecule has 2 N–H and O–H groups in total. The number of aromatic nitrogens is 2. The number of ether oxygens (including phenoxy) is 2. The first kappa shape index (κ1) is 23.6. The minimum Gasteiger partial charge on any atom is -0.465 e. The van der Waals surface area contributed by atoms with E-state index < -0.39 is 29.9 Å². The van der Waals surface area contributed by atoms with Gasteiger partial charge in [0.2, 0.25) is 0 Å². The summed E-state index contributed by atoms with van der Waals surface area (Å²) in [4.78, 5) is 32.8. The number of fused-ring (bicyclic) bond motifs is 1. The first-order valence-corrected chi connectivity index (χ1v) is 11.5. The SMILES string of the molecule is Cn1c(C(=O)N2CCOCC2)nc2c1CN([C@H]1CO[C@H](c3cc(F)ccc3F)[C@@H](NC(=O)O)C1)C2. The van der Waals surface area contributed by atoms with Crippen molar-refractivity contribution in [3.63, 3.8) is 0 Å². The number of carbonyl (C=O) groups excluding carboxylic acids is 1. The molecule has 1 aromatic heterocycles. The van der Waals surface area contributed by atoms with E-state index in [4.69, 9.17) is 9.47 Å². The Kier molecular flexibility index (Phi) is 6.43. The van der Waals surface area contributed by atoms with Crippen LogP contribution in [0.15, 0.2) is 18.2 Å². The lowest BCUT2D eigenvalue weighted by molar-refractivity contribution is -0.0603. The first-order chi connectivity index (χ1) is 16.8. The molecule has 2 saturated heterocycles. The molecule has 0 unspecified atom stereocenters. The van der Waals surface area contributed by atoms with Crippen molar-refractivity contribution in [1.29, 1.82) is 0 Å². The minimum atomic E-state index is -1.27. The predicted molar refractivity (Wildman–Crippen MR) is 118 cm³/mol. The van der Waals surface area contributed by atoms with E-state index in [2.05, 4.69) is 15.2 Å². The lowest BCUT2D eigenvalue weighted by Gasteiger charge is -2.40. The van der Waals surface area contributed by atoms with Crippen LogP contribution >= 0.6 is 0 Å². The van der Waals surface area contributed by atoms with Crippen LogP contribution in [0.4, 0.5) is 13.6 Å². The van der Waals surface area contributed by atoms with Gasteiger partial charge in [0.05, 0.1) is 37.3 Å². The lowest BCUT2D eigenvalue weighted by Crippen LogP contribution is -2.51. The molecular weight excluding hydrogens is 464 g/mol. The molecule has 10 nitrogen and oxygen atoms in total. The Balaban J connectivity index is 1.30. The first-order valence-electron chi connectivity index (χ1n) is 11.5. The number of hydrogen-bond acceptors (Lipinski definition) is 6. The zero-order valence-electron chi connectivity index (χ0n) is 19.2. The molecule has 4 heterocycles. The number of halogens is 2. The van der Waals surface area contributed by atoms with E-state index in [1.807, 2.05) is 11.6 Å². The average Bonchev–Trinajstić information content (AvgIpc) is 3.40. The Morgan fingerprint density at radius 2 is 1.97 bits per heavy atom. The molecule has 0 bridgehead atoms. The smallest absolute Gasteiger partial charge is 0.404 e. The van der Waals surface area contributed by atoms with Crippen LogP contribution in [0.5, 0.6) is 0 Å². The number of amides is 2. The zero-order chi connectivity index (χ0) is 24.7. The Morgan fingerprint density at radius 1 is 1.20 bits per heavy atom. The molecule has 12 heteroatoms. The number of carbonyl (C=O) groups is 2. The van der Waals surface area contributed by atoms with Crippen LogP contribution < -0.4 is 5.32 Å². The molecule has 5 rings (SSSR count). The van der Waals surface area contributed by atoms with Crippen LogP contribution in [0.25, 0.3) is 0 Å². The van der Waals surface area contributed by atoms with Crippen LogP contribution in [-0.2, 0) is 29.6 Å². The average molecular weight is 491 g/mol. The maximum Gasteiger partial charge on any atom is 0.404 e. The maximum absolute atomic E-state index is 14.4. The summed E-state index contributed by atoms with van der Waals surface area (Å²) in [7, 11) is 1.82. The van der Waals surface area contributed by atoms with Crippen molar-refractivity contribution in [1.82, 2.24) is 24.7 Å². The van der Waals surface area contributed by atoms with Crippen molar-refractivity contribution in [3.8, 4) is 0 Å². The molecule has 1 aromatic carbocycles. The van der Waals surface area contributed by atoms with Crippen LogP contribution in [-0.4, -0.2) is 81.5 Å². The van der Waals surface area contributed by atoms with Crippen molar-refractivity contribution in [2.75, 3.05) is 32.9 Å². The molecule has 0 spiro atoms. The highest BCUT2D eigenvalue weighted by Gasteiger charge is 2.40. The second kappa shape index (κ2) is 9.51. The van der Waals surface area contributed by atoms with Gasteiger partial charge in [-0.3, -0.25) is 9.69 Å². The molecule has 0 saturated carbocycles. The summed E-state index contributed by atoms with van der Waals surface area (Å²) < 4.78 is 41.2. The fraction of sp³-hybridized carbons (Fsp3) is 0.522. The second-order valence-electron chi connectivity index (χ2n) is 9.06. The quantitative estimate of drug-likeness (QED) is 0.670. The van der Waals surface area contributed by atoms with Crippen molar-refractivity contribution in [2.24, 2.45) is 7.05 Å². The Hall–Kier alpha value is -3.09. The summed E-state index contributed by atoms with van der Waals surface area (Å²) in [6.07, 6.45) is -1.86. The van der Waals surface area contributed by atoms with E-state index in [9.17, 15) is 23.5 Å². The molecule has 3 aliphatic heterocycles. The summed E-state index contributed by atoms with van der Waals surface area (Å²) in [6.45, 7) is 3.30. The molecular formula is C23H27F2N5O5. The van der Waals surface area contributed by atoms with Crippen molar-refractivity contribution in [2.45, 2.75) is 37.7 Å². The molecule has 3 aliphatic rings. The van der Waals surface area contributed by atoms with Gasteiger partial charge < -0.3 is 29.4 Å². The highest BCUT2D eigenvalue weighted by Crippen LogP contribution is 2.35. The van der Waals surface area contributed by atoms with Gasteiger partial charge >= 0.3 is 6.09 Å². The van der Waals surface area contributed by atoms with Gasteiger partial charge in [0.25, 0.3) is 5.91 Å². The number of nitrogens with one attached hydrogen (secondary N) is 1. The Morgan fingerprint density at radius 3 is 2.69 bits per heavy atom. The van der Waals surface area contributed by atoms with Gasteiger partial charge in [-0.2, -0.15) is 0 Å². The van der Waals surface area contributed by atoms with Crippen molar-refractivity contribution in [3.05, 3.63) is 52.6 Å². The van der Waals surface area contributed by atoms with Gasteiger partial charge in [-0.05, 0) is 24.6 Å².